The maximum Gasteiger partial charge on any atom is 0.416 e. The minimum Gasteiger partial charge on any atom is -0.481 e. The highest BCUT2D eigenvalue weighted by atomic mass is 19.4. The van der Waals surface area contributed by atoms with Crippen molar-refractivity contribution in [3.63, 3.8) is 0 Å². The summed E-state index contributed by atoms with van der Waals surface area (Å²) < 4.78 is 38.7. The highest BCUT2D eigenvalue weighted by Gasteiger charge is 2.45. The molecule has 132 valence electrons. The summed E-state index contributed by atoms with van der Waals surface area (Å²) in [6.07, 6.45) is -4.16. The zero-order chi connectivity index (χ0) is 18.3. The van der Waals surface area contributed by atoms with E-state index < -0.39 is 28.5 Å². The molecule has 1 saturated heterocycles. The molecule has 1 fully saturated rings. The Kier molecular flexibility index (Phi) is 4.41. The zero-order valence-electron chi connectivity index (χ0n) is 13.8. The van der Waals surface area contributed by atoms with Crippen molar-refractivity contribution in [2.24, 2.45) is 5.41 Å². The fourth-order valence-electron chi connectivity index (χ4n) is 2.91. The van der Waals surface area contributed by atoms with Crippen molar-refractivity contribution in [1.82, 2.24) is 4.90 Å². The van der Waals surface area contributed by atoms with Crippen LogP contribution in [0.1, 0.15) is 38.3 Å². The van der Waals surface area contributed by atoms with Crippen LogP contribution in [-0.2, 0) is 21.2 Å². The van der Waals surface area contributed by atoms with Crippen LogP contribution in [-0.4, -0.2) is 35.0 Å². The van der Waals surface area contributed by atoms with Gasteiger partial charge in [0.1, 0.15) is 0 Å². The predicted molar refractivity (Wildman–Crippen MR) is 81.4 cm³/mol. The molecule has 1 unspecified atom stereocenters. The number of aliphatic carboxylic acids is 1. The van der Waals surface area contributed by atoms with Gasteiger partial charge in [-0.15, -0.1) is 0 Å². The molecule has 0 saturated carbocycles. The number of likely N-dealkylation sites (tertiary alicyclic amines) is 1. The lowest BCUT2D eigenvalue weighted by atomic mass is 9.82. The first-order valence-corrected chi connectivity index (χ1v) is 7.58. The van der Waals surface area contributed by atoms with Gasteiger partial charge in [-0.1, -0.05) is 18.2 Å². The number of amides is 1. The number of hydrogen-bond acceptors (Lipinski definition) is 2. The molecule has 0 bridgehead atoms. The Labute approximate surface area is 138 Å². The largest absolute Gasteiger partial charge is 0.481 e. The van der Waals surface area contributed by atoms with Gasteiger partial charge in [-0.05, 0) is 38.8 Å². The minimum atomic E-state index is -4.48. The molecule has 0 spiro atoms. The molecule has 1 aliphatic heterocycles. The number of benzene rings is 1. The smallest absolute Gasteiger partial charge is 0.416 e. The van der Waals surface area contributed by atoms with Gasteiger partial charge < -0.3 is 10.0 Å². The molecule has 1 aromatic rings. The number of halogens is 3. The quantitative estimate of drug-likeness (QED) is 0.916. The summed E-state index contributed by atoms with van der Waals surface area (Å²) >= 11 is 0. The fraction of sp³-hybridized carbons (Fsp3) is 0.529. The maximum atomic E-state index is 12.9. The van der Waals surface area contributed by atoms with E-state index in [0.29, 0.717) is 6.42 Å². The normalized spacial score (nSPS) is 21.8. The first-order chi connectivity index (χ1) is 10.9. The zero-order valence-corrected chi connectivity index (χ0v) is 13.8. The topological polar surface area (TPSA) is 57.6 Å². The number of hydrogen-bond donors (Lipinski definition) is 1. The van der Waals surface area contributed by atoms with Gasteiger partial charge in [0, 0.05) is 13.1 Å². The Hall–Kier alpha value is -2.05. The minimum absolute atomic E-state index is 0.0591. The van der Waals surface area contributed by atoms with E-state index in [1.54, 1.807) is 20.8 Å². The summed E-state index contributed by atoms with van der Waals surface area (Å²) in [6, 6.07) is 4.70. The summed E-state index contributed by atoms with van der Waals surface area (Å²) in [6.45, 7) is 5.02. The van der Waals surface area contributed by atoms with Gasteiger partial charge in [-0.3, -0.25) is 9.59 Å². The molecule has 0 radical (unpaired) electrons. The van der Waals surface area contributed by atoms with Crippen molar-refractivity contribution in [2.75, 3.05) is 13.1 Å². The Balaban J connectivity index is 2.28. The van der Waals surface area contributed by atoms with E-state index in [0.717, 1.165) is 12.1 Å². The third kappa shape index (κ3) is 3.25. The second-order valence-electron chi connectivity index (χ2n) is 7.05. The third-order valence-electron chi connectivity index (χ3n) is 4.72. The highest BCUT2D eigenvalue weighted by Crippen LogP contribution is 2.36. The van der Waals surface area contributed by atoms with Gasteiger partial charge in [-0.25, -0.2) is 0 Å². The van der Waals surface area contributed by atoms with Crippen molar-refractivity contribution in [3.05, 3.63) is 35.4 Å². The molecular formula is C17H20F3NO3. The van der Waals surface area contributed by atoms with Gasteiger partial charge in [0.25, 0.3) is 0 Å². The number of nitrogens with zero attached hydrogens (tertiary/aromatic N) is 1. The third-order valence-corrected chi connectivity index (χ3v) is 4.72. The van der Waals surface area contributed by atoms with Crippen molar-refractivity contribution in [1.29, 1.82) is 0 Å². The van der Waals surface area contributed by atoms with E-state index in [9.17, 15) is 27.9 Å². The van der Waals surface area contributed by atoms with E-state index in [1.807, 2.05) is 0 Å². The number of carbonyl (C=O) groups excluding carboxylic acids is 1. The average molecular weight is 343 g/mol. The molecule has 7 heteroatoms. The second-order valence-corrected chi connectivity index (χ2v) is 7.05. The van der Waals surface area contributed by atoms with Crippen molar-refractivity contribution < 1.29 is 27.9 Å². The van der Waals surface area contributed by atoms with Gasteiger partial charge >= 0.3 is 12.1 Å². The van der Waals surface area contributed by atoms with Crippen molar-refractivity contribution in [2.45, 2.75) is 38.8 Å². The maximum absolute atomic E-state index is 12.9. The van der Waals surface area contributed by atoms with Crippen LogP contribution in [0.5, 0.6) is 0 Å². The van der Waals surface area contributed by atoms with E-state index >= 15 is 0 Å². The molecule has 1 heterocycles. The fourth-order valence-corrected chi connectivity index (χ4v) is 2.91. The molecule has 4 nitrogen and oxygen atoms in total. The first-order valence-electron chi connectivity index (χ1n) is 7.58. The lowest BCUT2D eigenvalue weighted by Crippen LogP contribution is -2.44. The van der Waals surface area contributed by atoms with Crippen LogP contribution in [0.2, 0.25) is 0 Å². The summed E-state index contributed by atoms with van der Waals surface area (Å²) in [5, 5.41) is 9.25. The van der Waals surface area contributed by atoms with Crippen LogP contribution in [0, 0.1) is 5.41 Å². The highest BCUT2D eigenvalue weighted by molar-refractivity contribution is 5.88. The standard InChI is InChI=1S/C17H20F3NO3/c1-15(2,11-5-4-6-12(9-11)17(18,19)20)13(22)21-8-7-16(3,10-21)14(23)24/h4-6,9H,7-8,10H2,1-3H3,(H,23,24). The van der Waals surface area contributed by atoms with E-state index in [2.05, 4.69) is 0 Å². The summed E-state index contributed by atoms with van der Waals surface area (Å²) in [7, 11) is 0. The molecule has 24 heavy (non-hydrogen) atoms. The van der Waals surface area contributed by atoms with Crippen LogP contribution in [0.15, 0.2) is 24.3 Å². The molecule has 0 aromatic heterocycles. The molecule has 1 amide bonds. The Bertz CT molecular complexity index is 669. The summed E-state index contributed by atoms with van der Waals surface area (Å²) in [5.74, 6) is -1.35. The van der Waals surface area contributed by atoms with Crippen LogP contribution >= 0.6 is 0 Å². The molecule has 1 N–H and O–H groups in total. The van der Waals surface area contributed by atoms with Gasteiger partial charge in [-0.2, -0.15) is 13.2 Å². The molecule has 1 aromatic carbocycles. The summed E-state index contributed by atoms with van der Waals surface area (Å²) in [4.78, 5) is 25.5. The van der Waals surface area contributed by atoms with E-state index in [4.69, 9.17) is 0 Å². The van der Waals surface area contributed by atoms with Crippen LogP contribution in [0.4, 0.5) is 13.2 Å². The number of carbonyl (C=O) groups is 2. The van der Waals surface area contributed by atoms with Crippen LogP contribution < -0.4 is 0 Å². The molecule has 2 rings (SSSR count). The van der Waals surface area contributed by atoms with Crippen molar-refractivity contribution in [3.8, 4) is 0 Å². The monoisotopic (exact) mass is 343 g/mol. The number of carboxylic acid groups (broad SMARTS) is 1. The Morgan fingerprint density at radius 3 is 2.29 bits per heavy atom. The number of rotatable bonds is 3. The second kappa shape index (κ2) is 5.79. The average Bonchev–Trinajstić information content (AvgIpc) is 2.89. The van der Waals surface area contributed by atoms with Crippen LogP contribution in [0.3, 0.4) is 0 Å². The van der Waals surface area contributed by atoms with E-state index in [1.165, 1.54) is 17.0 Å². The van der Waals surface area contributed by atoms with E-state index in [-0.39, 0.29) is 24.6 Å². The van der Waals surface area contributed by atoms with Gasteiger partial charge in [0.15, 0.2) is 0 Å². The number of carboxylic acids is 1. The van der Waals surface area contributed by atoms with Gasteiger partial charge in [0.05, 0.1) is 16.4 Å². The molecule has 1 aliphatic rings. The van der Waals surface area contributed by atoms with Crippen LogP contribution in [0.25, 0.3) is 0 Å². The Morgan fingerprint density at radius 1 is 1.21 bits per heavy atom. The SMILES string of the molecule is CC1(C(=O)O)CCN(C(=O)C(C)(C)c2cccc(C(F)(F)F)c2)C1. The lowest BCUT2D eigenvalue weighted by molar-refractivity contribution is -0.147. The number of alkyl halides is 3. The lowest BCUT2D eigenvalue weighted by Gasteiger charge is -2.31. The van der Waals surface area contributed by atoms with Gasteiger partial charge in [0.2, 0.25) is 5.91 Å². The van der Waals surface area contributed by atoms with Crippen molar-refractivity contribution >= 4 is 11.9 Å². The summed E-state index contributed by atoms with van der Waals surface area (Å²) in [5.41, 5.74) is -2.74. The molecular weight excluding hydrogens is 323 g/mol. The Morgan fingerprint density at radius 2 is 1.79 bits per heavy atom. The molecule has 0 aliphatic carbocycles. The first kappa shape index (κ1) is 18.3. The predicted octanol–water partition coefficient (Wildman–Crippen LogP) is 3.31. The molecule has 1 atom stereocenters.